The van der Waals surface area contributed by atoms with Crippen molar-refractivity contribution in [2.24, 2.45) is 0 Å². The Hall–Kier alpha value is -4.40. The molecule has 0 heterocycles. The molecule has 0 spiro atoms. The van der Waals surface area contributed by atoms with Gasteiger partial charge in [-0.25, -0.2) is 4.79 Å². The molecule has 0 aromatic heterocycles. The molecule has 3 aromatic rings. The van der Waals surface area contributed by atoms with Crippen LogP contribution in [0.1, 0.15) is 20.7 Å². The molecule has 9 heteroatoms. The van der Waals surface area contributed by atoms with Crippen LogP contribution >= 0.6 is 0 Å². The Morgan fingerprint density at radius 1 is 0.966 bits per heavy atom. The predicted molar refractivity (Wildman–Crippen MR) is 103 cm³/mol. The Kier molecular flexibility index (Phi) is 5.40. The molecule has 9 nitrogen and oxygen atoms in total. The normalized spacial score (nSPS) is 10.2. The molecule has 0 unspecified atom stereocenters. The van der Waals surface area contributed by atoms with Crippen molar-refractivity contribution in [1.82, 2.24) is 0 Å². The molecule has 3 rings (SSSR count). The molecule has 3 N–H and O–H groups in total. The number of phenols is 1. The predicted octanol–water partition coefficient (Wildman–Crippen LogP) is 4.04. The van der Waals surface area contributed by atoms with Crippen LogP contribution in [0.4, 0.5) is 11.4 Å². The maximum atomic E-state index is 12.5. The maximum absolute atomic E-state index is 12.5. The van der Waals surface area contributed by atoms with Crippen molar-refractivity contribution in [3.8, 4) is 17.2 Å². The van der Waals surface area contributed by atoms with Gasteiger partial charge < -0.3 is 20.3 Å². The SMILES string of the molecule is O=C(Nc1ccc(O)cc1C(=O)O)c1cccc(Oc2ccc([N+](=O)[O-])cc2)c1. The lowest BCUT2D eigenvalue weighted by Crippen LogP contribution is -2.14. The van der Waals surface area contributed by atoms with Gasteiger partial charge in [-0.1, -0.05) is 6.07 Å². The van der Waals surface area contributed by atoms with Gasteiger partial charge in [0.2, 0.25) is 0 Å². The first-order chi connectivity index (χ1) is 13.8. The standard InChI is InChI=1S/C20H14N2O7/c23-14-6-9-18(17(11-14)20(25)26)21-19(24)12-2-1-3-16(10-12)29-15-7-4-13(5-8-15)22(27)28/h1-11,23H,(H,21,24)(H,25,26). The summed E-state index contributed by atoms with van der Waals surface area (Å²) in [6.07, 6.45) is 0. The van der Waals surface area contributed by atoms with Crippen LogP contribution in [-0.4, -0.2) is 27.0 Å². The van der Waals surface area contributed by atoms with Gasteiger partial charge in [0.25, 0.3) is 11.6 Å². The number of phenolic OH excluding ortho intramolecular Hbond substituents is 1. The molecular weight excluding hydrogens is 380 g/mol. The lowest BCUT2D eigenvalue weighted by Gasteiger charge is -2.10. The van der Waals surface area contributed by atoms with E-state index >= 15 is 0 Å². The van der Waals surface area contributed by atoms with E-state index in [0.29, 0.717) is 11.5 Å². The highest BCUT2D eigenvalue weighted by atomic mass is 16.6. The average Bonchev–Trinajstić information content (AvgIpc) is 2.69. The Morgan fingerprint density at radius 2 is 1.69 bits per heavy atom. The number of nitrogens with zero attached hydrogens (tertiary/aromatic N) is 1. The molecule has 0 atom stereocenters. The minimum atomic E-state index is -1.30. The van der Waals surface area contributed by atoms with Gasteiger partial charge >= 0.3 is 5.97 Å². The molecule has 0 aliphatic heterocycles. The van der Waals surface area contributed by atoms with Gasteiger partial charge in [-0.05, 0) is 48.5 Å². The summed E-state index contributed by atoms with van der Waals surface area (Å²) in [4.78, 5) is 34.0. The Labute approximate surface area is 164 Å². The second kappa shape index (κ2) is 8.09. The Morgan fingerprint density at radius 3 is 2.34 bits per heavy atom. The van der Waals surface area contributed by atoms with E-state index < -0.39 is 16.8 Å². The van der Waals surface area contributed by atoms with Crippen molar-refractivity contribution in [3.05, 3.63) is 88.0 Å². The Bertz CT molecular complexity index is 1090. The molecule has 3 aromatic carbocycles. The summed E-state index contributed by atoms with van der Waals surface area (Å²) in [5.41, 5.74) is -0.0962. The second-order valence-electron chi connectivity index (χ2n) is 5.87. The van der Waals surface area contributed by atoms with Gasteiger partial charge in [-0.2, -0.15) is 0 Å². The molecular formula is C20H14N2O7. The van der Waals surface area contributed by atoms with Crippen LogP contribution < -0.4 is 10.1 Å². The Balaban J connectivity index is 1.78. The van der Waals surface area contributed by atoms with Crippen molar-refractivity contribution in [1.29, 1.82) is 0 Å². The van der Waals surface area contributed by atoms with Crippen molar-refractivity contribution >= 4 is 23.3 Å². The fraction of sp³-hybridized carbons (Fsp3) is 0. The highest BCUT2D eigenvalue weighted by molar-refractivity contribution is 6.08. The maximum Gasteiger partial charge on any atom is 0.337 e. The molecule has 0 aliphatic carbocycles. The number of hydrogen-bond donors (Lipinski definition) is 3. The number of carboxylic acid groups (broad SMARTS) is 1. The summed E-state index contributed by atoms with van der Waals surface area (Å²) in [6.45, 7) is 0. The first kappa shape index (κ1) is 19.4. The van der Waals surface area contributed by atoms with Crippen LogP contribution in [0.5, 0.6) is 17.2 Å². The van der Waals surface area contributed by atoms with Gasteiger partial charge in [0.05, 0.1) is 16.2 Å². The van der Waals surface area contributed by atoms with Crippen LogP contribution in [0.3, 0.4) is 0 Å². The zero-order valence-electron chi connectivity index (χ0n) is 14.7. The monoisotopic (exact) mass is 394 g/mol. The summed E-state index contributed by atoms with van der Waals surface area (Å²) in [5, 5.41) is 31.8. The van der Waals surface area contributed by atoms with E-state index in [1.165, 1.54) is 48.5 Å². The lowest BCUT2D eigenvalue weighted by atomic mass is 10.1. The molecule has 0 saturated heterocycles. The second-order valence-corrected chi connectivity index (χ2v) is 5.87. The van der Waals surface area contributed by atoms with E-state index in [2.05, 4.69) is 5.32 Å². The van der Waals surface area contributed by atoms with Crippen LogP contribution in [-0.2, 0) is 0 Å². The number of benzene rings is 3. The molecule has 29 heavy (non-hydrogen) atoms. The average molecular weight is 394 g/mol. The largest absolute Gasteiger partial charge is 0.508 e. The van der Waals surface area contributed by atoms with Gasteiger partial charge in [-0.3, -0.25) is 14.9 Å². The molecule has 1 amide bonds. The van der Waals surface area contributed by atoms with Gasteiger partial charge in [0.15, 0.2) is 0 Å². The first-order valence-electron chi connectivity index (χ1n) is 8.23. The fourth-order valence-corrected chi connectivity index (χ4v) is 2.49. The minimum Gasteiger partial charge on any atom is -0.508 e. The number of rotatable bonds is 6. The number of nitro groups is 1. The molecule has 0 aliphatic rings. The van der Waals surface area contributed by atoms with E-state index in [9.17, 15) is 29.9 Å². The van der Waals surface area contributed by atoms with E-state index in [1.54, 1.807) is 12.1 Å². The topological polar surface area (TPSA) is 139 Å². The highest BCUT2D eigenvalue weighted by Crippen LogP contribution is 2.26. The summed E-state index contributed by atoms with van der Waals surface area (Å²) in [5.74, 6) is -1.45. The third-order valence-corrected chi connectivity index (χ3v) is 3.86. The number of aromatic hydroxyl groups is 1. The number of nitrogens with one attached hydrogen (secondary N) is 1. The summed E-state index contributed by atoms with van der Waals surface area (Å²) < 4.78 is 5.60. The van der Waals surface area contributed by atoms with Crippen molar-refractivity contribution < 1.29 is 29.5 Å². The zero-order chi connectivity index (χ0) is 21.0. The summed E-state index contributed by atoms with van der Waals surface area (Å²) >= 11 is 0. The number of carbonyl (C=O) groups is 2. The first-order valence-corrected chi connectivity index (χ1v) is 8.23. The van der Waals surface area contributed by atoms with E-state index in [0.717, 1.165) is 6.07 Å². The molecule has 0 fully saturated rings. The third kappa shape index (κ3) is 4.66. The number of nitro benzene ring substituents is 1. The van der Waals surface area contributed by atoms with Crippen molar-refractivity contribution in [2.45, 2.75) is 0 Å². The number of non-ortho nitro benzene ring substituents is 1. The smallest absolute Gasteiger partial charge is 0.337 e. The number of hydrogen-bond acceptors (Lipinski definition) is 6. The summed E-state index contributed by atoms with van der Waals surface area (Å²) in [7, 11) is 0. The van der Waals surface area contributed by atoms with Crippen LogP contribution in [0.25, 0.3) is 0 Å². The van der Waals surface area contributed by atoms with Gasteiger partial charge in [-0.15, -0.1) is 0 Å². The van der Waals surface area contributed by atoms with Crippen LogP contribution in [0, 0.1) is 10.1 Å². The van der Waals surface area contributed by atoms with Crippen molar-refractivity contribution in [2.75, 3.05) is 5.32 Å². The van der Waals surface area contributed by atoms with Gasteiger partial charge in [0, 0.05) is 17.7 Å². The van der Waals surface area contributed by atoms with Crippen LogP contribution in [0.2, 0.25) is 0 Å². The number of carboxylic acids is 1. The van der Waals surface area contributed by atoms with E-state index in [-0.39, 0.29) is 28.3 Å². The number of amides is 1. The summed E-state index contributed by atoms with van der Waals surface area (Å²) in [6, 6.07) is 15.2. The van der Waals surface area contributed by atoms with E-state index in [1.807, 2.05) is 0 Å². The number of anilines is 1. The highest BCUT2D eigenvalue weighted by Gasteiger charge is 2.15. The number of aromatic carboxylic acids is 1. The third-order valence-electron chi connectivity index (χ3n) is 3.86. The fourth-order valence-electron chi connectivity index (χ4n) is 2.49. The number of ether oxygens (including phenoxy) is 1. The van der Waals surface area contributed by atoms with Gasteiger partial charge in [0.1, 0.15) is 17.2 Å². The van der Waals surface area contributed by atoms with Crippen molar-refractivity contribution in [3.63, 3.8) is 0 Å². The molecule has 0 radical (unpaired) electrons. The number of carbonyl (C=O) groups excluding carboxylic acids is 1. The lowest BCUT2D eigenvalue weighted by molar-refractivity contribution is -0.384. The molecule has 146 valence electrons. The zero-order valence-corrected chi connectivity index (χ0v) is 14.7. The van der Waals surface area contributed by atoms with Crippen LogP contribution in [0.15, 0.2) is 66.7 Å². The molecule has 0 saturated carbocycles. The minimum absolute atomic E-state index is 0.0296. The quantitative estimate of drug-likeness (QED) is 0.326. The molecule has 0 bridgehead atoms. The van der Waals surface area contributed by atoms with E-state index in [4.69, 9.17) is 4.74 Å².